The second-order valence-electron chi connectivity index (χ2n) is 4.88. The van der Waals surface area contributed by atoms with Gasteiger partial charge < -0.3 is 10.6 Å². The number of carbonyl (C=O) groups excluding carboxylic acids is 1. The molecule has 6 nitrogen and oxygen atoms in total. The van der Waals surface area contributed by atoms with Crippen LogP contribution in [0.3, 0.4) is 0 Å². The van der Waals surface area contributed by atoms with Gasteiger partial charge in [0.25, 0.3) is 5.69 Å². The summed E-state index contributed by atoms with van der Waals surface area (Å²) in [7, 11) is 0. The van der Waals surface area contributed by atoms with Crippen LogP contribution in [0.4, 0.5) is 11.4 Å². The second-order valence-corrected chi connectivity index (χ2v) is 5.32. The Bertz CT molecular complexity index is 672. The van der Waals surface area contributed by atoms with E-state index in [1.807, 2.05) is 12.1 Å². The SMILES string of the molecule is O=C(Cc1ccc(Cl)cc1)NCCNc1ccc([N+](=O)[O-])cc1. The van der Waals surface area contributed by atoms with Gasteiger partial charge in [0.05, 0.1) is 11.3 Å². The third kappa shape index (κ3) is 5.60. The first kappa shape index (κ1) is 16.8. The highest BCUT2D eigenvalue weighted by Gasteiger charge is 2.04. The molecule has 1 amide bonds. The second kappa shape index (κ2) is 8.14. The van der Waals surface area contributed by atoms with E-state index < -0.39 is 4.92 Å². The molecule has 0 atom stereocenters. The minimum atomic E-state index is -0.444. The summed E-state index contributed by atoms with van der Waals surface area (Å²) < 4.78 is 0. The first-order valence-electron chi connectivity index (χ1n) is 7.04. The van der Waals surface area contributed by atoms with E-state index in [0.29, 0.717) is 24.5 Å². The van der Waals surface area contributed by atoms with Crippen LogP contribution >= 0.6 is 11.6 Å². The van der Waals surface area contributed by atoms with Crippen molar-refractivity contribution in [2.45, 2.75) is 6.42 Å². The van der Waals surface area contributed by atoms with Crippen molar-refractivity contribution in [3.05, 3.63) is 69.2 Å². The standard InChI is InChI=1S/C16H16ClN3O3/c17-13-3-1-12(2-4-13)11-16(21)19-10-9-18-14-5-7-15(8-6-14)20(22)23/h1-8,18H,9-11H2,(H,19,21). The topological polar surface area (TPSA) is 84.3 Å². The van der Waals surface area contributed by atoms with E-state index >= 15 is 0 Å². The minimum Gasteiger partial charge on any atom is -0.383 e. The lowest BCUT2D eigenvalue weighted by Crippen LogP contribution is -2.29. The molecule has 2 N–H and O–H groups in total. The molecule has 120 valence electrons. The van der Waals surface area contributed by atoms with E-state index in [1.54, 1.807) is 24.3 Å². The third-order valence-corrected chi connectivity index (χ3v) is 3.38. The molecule has 0 radical (unpaired) electrons. The Morgan fingerprint density at radius 2 is 1.70 bits per heavy atom. The Morgan fingerprint density at radius 3 is 2.30 bits per heavy atom. The lowest BCUT2D eigenvalue weighted by atomic mass is 10.1. The van der Waals surface area contributed by atoms with Gasteiger partial charge in [0, 0.05) is 35.9 Å². The van der Waals surface area contributed by atoms with Gasteiger partial charge in [-0.15, -0.1) is 0 Å². The molecule has 0 fully saturated rings. The van der Waals surface area contributed by atoms with E-state index in [9.17, 15) is 14.9 Å². The lowest BCUT2D eigenvalue weighted by Gasteiger charge is -2.08. The Balaban J connectivity index is 1.69. The number of nitro groups is 1. The number of hydrogen-bond acceptors (Lipinski definition) is 4. The van der Waals surface area contributed by atoms with E-state index in [-0.39, 0.29) is 11.6 Å². The molecule has 0 aliphatic rings. The Labute approximate surface area is 138 Å². The van der Waals surface area contributed by atoms with Crippen LogP contribution in [-0.2, 0) is 11.2 Å². The molecule has 2 rings (SSSR count). The lowest BCUT2D eigenvalue weighted by molar-refractivity contribution is -0.384. The predicted molar refractivity (Wildman–Crippen MR) is 89.8 cm³/mol. The molecule has 0 saturated heterocycles. The molecule has 0 aromatic heterocycles. The first-order valence-corrected chi connectivity index (χ1v) is 7.42. The molecule has 2 aromatic carbocycles. The summed E-state index contributed by atoms with van der Waals surface area (Å²) in [5.74, 6) is -0.0715. The molecule has 0 heterocycles. The van der Waals surface area contributed by atoms with Crippen LogP contribution in [0.25, 0.3) is 0 Å². The minimum absolute atomic E-state index is 0.0480. The quantitative estimate of drug-likeness (QED) is 0.463. The van der Waals surface area contributed by atoms with Crippen molar-refractivity contribution >= 4 is 28.9 Å². The van der Waals surface area contributed by atoms with Crippen LogP contribution in [-0.4, -0.2) is 23.9 Å². The fraction of sp³-hybridized carbons (Fsp3) is 0.188. The van der Waals surface area contributed by atoms with Gasteiger partial charge in [-0.05, 0) is 29.8 Å². The average Bonchev–Trinajstić information content (AvgIpc) is 2.54. The number of carbonyl (C=O) groups is 1. The predicted octanol–water partition coefficient (Wildman–Crippen LogP) is 3.02. The summed E-state index contributed by atoms with van der Waals surface area (Å²) in [6, 6.07) is 13.3. The largest absolute Gasteiger partial charge is 0.383 e. The zero-order valence-corrected chi connectivity index (χ0v) is 13.0. The zero-order valence-electron chi connectivity index (χ0n) is 12.3. The van der Waals surface area contributed by atoms with E-state index in [1.165, 1.54) is 12.1 Å². The number of nitrogens with one attached hydrogen (secondary N) is 2. The van der Waals surface area contributed by atoms with Gasteiger partial charge in [0.1, 0.15) is 0 Å². The summed E-state index contributed by atoms with van der Waals surface area (Å²) in [6.45, 7) is 0.994. The number of benzene rings is 2. The van der Waals surface area contributed by atoms with Crippen molar-refractivity contribution in [3.63, 3.8) is 0 Å². The molecule has 7 heteroatoms. The van der Waals surface area contributed by atoms with Crippen LogP contribution in [0, 0.1) is 10.1 Å². The number of anilines is 1. The normalized spacial score (nSPS) is 10.1. The number of rotatable bonds is 7. The number of halogens is 1. The Hall–Kier alpha value is -2.60. The van der Waals surface area contributed by atoms with E-state index in [0.717, 1.165) is 11.3 Å². The van der Waals surface area contributed by atoms with Gasteiger partial charge in [-0.1, -0.05) is 23.7 Å². The van der Waals surface area contributed by atoms with Crippen molar-refractivity contribution < 1.29 is 9.72 Å². The molecule has 2 aromatic rings. The summed E-state index contributed by atoms with van der Waals surface area (Å²) in [4.78, 5) is 21.9. The maximum absolute atomic E-state index is 11.8. The smallest absolute Gasteiger partial charge is 0.269 e. The first-order chi connectivity index (χ1) is 11.0. The highest BCUT2D eigenvalue weighted by atomic mass is 35.5. The summed E-state index contributed by atoms with van der Waals surface area (Å²) in [6.07, 6.45) is 0.300. The molecular formula is C16H16ClN3O3. The number of hydrogen-bond donors (Lipinski definition) is 2. The molecule has 0 bridgehead atoms. The number of amides is 1. The van der Waals surface area contributed by atoms with Gasteiger partial charge in [-0.2, -0.15) is 0 Å². The molecule has 0 unspecified atom stereocenters. The van der Waals surface area contributed by atoms with Gasteiger partial charge >= 0.3 is 0 Å². The maximum atomic E-state index is 11.8. The number of nitro benzene ring substituents is 1. The van der Waals surface area contributed by atoms with Crippen LogP contribution in [0.15, 0.2) is 48.5 Å². The monoisotopic (exact) mass is 333 g/mol. The molecule has 0 saturated carbocycles. The summed E-state index contributed by atoms with van der Waals surface area (Å²) >= 11 is 5.79. The van der Waals surface area contributed by atoms with Crippen molar-refractivity contribution in [1.82, 2.24) is 5.32 Å². The van der Waals surface area contributed by atoms with Crippen molar-refractivity contribution in [3.8, 4) is 0 Å². The Morgan fingerprint density at radius 1 is 1.04 bits per heavy atom. The van der Waals surface area contributed by atoms with Gasteiger partial charge in [0.15, 0.2) is 0 Å². The molecule has 23 heavy (non-hydrogen) atoms. The summed E-state index contributed by atoms with van der Waals surface area (Å²) in [5.41, 5.74) is 1.71. The number of non-ortho nitro benzene ring substituents is 1. The van der Waals surface area contributed by atoms with Gasteiger partial charge in [-0.3, -0.25) is 14.9 Å². The fourth-order valence-electron chi connectivity index (χ4n) is 1.96. The third-order valence-electron chi connectivity index (χ3n) is 3.13. The number of nitrogens with zero attached hydrogens (tertiary/aromatic N) is 1. The van der Waals surface area contributed by atoms with Crippen molar-refractivity contribution in [1.29, 1.82) is 0 Å². The van der Waals surface area contributed by atoms with Crippen LogP contribution in [0.5, 0.6) is 0 Å². The van der Waals surface area contributed by atoms with Crippen LogP contribution < -0.4 is 10.6 Å². The van der Waals surface area contributed by atoms with Crippen molar-refractivity contribution in [2.24, 2.45) is 0 Å². The fourth-order valence-corrected chi connectivity index (χ4v) is 2.09. The molecule has 0 aliphatic heterocycles. The van der Waals surface area contributed by atoms with Gasteiger partial charge in [0.2, 0.25) is 5.91 Å². The van der Waals surface area contributed by atoms with E-state index in [4.69, 9.17) is 11.6 Å². The van der Waals surface area contributed by atoms with Crippen molar-refractivity contribution in [2.75, 3.05) is 18.4 Å². The highest BCUT2D eigenvalue weighted by molar-refractivity contribution is 6.30. The maximum Gasteiger partial charge on any atom is 0.269 e. The average molecular weight is 334 g/mol. The molecule has 0 spiro atoms. The Kier molecular flexibility index (Phi) is 5.94. The van der Waals surface area contributed by atoms with E-state index in [2.05, 4.69) is 10.6 Å². The van der Waals surface area contributed by atoms with Crippen LogP contribution in [0.1, 0.15) is 5.56 Å². The molecule has 0 aliphatic carbocycles. The highest BCUT2D eigenvalue weighted by Crippen LogP contribution is 2.14. The zero-order chi connectivity index (χ0) is 16.7. The van der Waals surface area contributed by atoms with Gasteiger partial charge in [-0.25, -0.2) is 0 Å². The molecular weight excluding hydrogens is 318 g/mol. The summed E-state index contributed by atoms with van der Waals surface area (Å²) in [5, 5.41) is 17.1. The van der Waals surface area contributed by atoms with Crippen LogP contribution in [0.2, 0.25) is 5.02 Å².